The molecular formula is C23H28N6O. The van der Waals surface area contributed by atoms with Gasteiger partial charge in [0.1, 0.15) is 12.7 Å². The summed E-state index contributed by atoms with van der Waals surface area (Å²) in [5.41, 5.74) is 4.64. The molecule has 2 aliphatic heterocycles. The second kappa shape index (κ2) is 7.81. The average molecular weight is 405 g/mol. The summed E-state index contributed by atoms with van der Waals surface area (Å²) < 4.78 is 3.83. The number of piperidine rings is 1. The standard InChI is InChI=1S/C23H28N6O/c1-26(2)13-19-5-8-22-20-9-18(12-28(22)23(19)30)11-27(14-20)10-17-3-6-21(7-4-17)29-16-24-15-25-29/h3-8,15-16,18,20H,9-14H2,1-2H3/t18-,20+/m0/s1. The number of rotatable bonds is 5. The maximum Gasteiger partial charge on any atom is 0.255 e. The van der Waals surface area contributed by atoms with E-state index in [9.17, 15) is 4.79 Å². The molecule has 2 aromatic heterocycles. The quantitative estimate of drug-likeness (QED) is 0.652. The molecule has 0 N–H and O–H groups in total. The Morgan fingerprint density at radius 1 is 1.07 bits per heavy atom. The largest absolute Gasteiger partial charge is 0.312 e. The predicted octanol–water partition coefficient (Wildman–Crippen LogP) is 2.11. The Morgan fingerprint density at radius 3 is 2.63 bits per heavy atom. The van der Waals surface area contributed by atoms with E-state index in [4.69, 9.17) is 0 Å². The highest BCUT2D eigenvalue weighted by molar-refractivity contribution is 5.33. The third-order valence-corrected chi connectivity index (χ3v) is 6.27. The van der Waals surface area contributed by atoms with E-state index in [1.807, 2.05) is 20.2 Å². The monoisotopic (exact) mass is 404 g/mol. The molecule has 1 fully saturated rings. The number of hydrogen-bond donors (Lipinski definition) is 0. The molecule has 4 heterocycles. The number of pyridine rings is 1. The molecule has 0 radical (unpaired) electrons. The Bertz CT molecular complexity index is 1070. The summed E-state index contributed by atoms with van der Waals surface area (Å²) in [6.07, 6.45) is 4.45. The van der Waals surface area contributed by atoms with Crippen LogP contribution in [-0.2, 0) is 19.6 Å². The molecule has 0 amide bonds. The van der Waals surface area contributed by atoms with Crippen LogP contribution in [0.25, 0.3) is 5.69 Å². The Kier molecular flexibility index (Phi) is 5.00. The number of aromatic nitrogens is 4. The van der Waals surface area contributed by atoms with E-state index in [0.717, 1.165) is 37.4 Å². The van der Waals surface area contributed by atoms with E-state index in [0.29, 0.717) is 18.4 Å². The topological polar surface area (TPSA) is 59.2 Å². The Hall–Kier alpha value is -2.77. The average Bonchev–Trinajstić information content (AvgIpc) is 3.26. The fourth-order valence-electron chi connectivity index (χ4n) is 5.03. The van der Waals surface area contributed by atoms with Crippen molar-refractivity contribution in [2.24, 2.45) is 5.92 Å². The van der Waals surface area contributed by atoms with Crippen molar-refractivity contribution in [3.05, 3.63) is 76.2 Å². The molecule has 5 rings (SSSR count). The Morgan fingerprint density at radius 2 is 1.90 bits per heavy atom. The van der Waals surface area contributed by atoms with Gasteiger partial charge < -0.3 is 9.47 Å². The van der Waals surface area contributed by atoms with E-state index in [1.165, 1.54) is 17.7 Å². The lowest BCUT2D eigenvalue weighted by Crippen LogP contribution is -2.47. The summed E-state index contributed by atoms with van der Waals surface area (Å²) >= 11 is 0. The fourth-order valence-corrected chi connectivity index (χ4v) is 5.03. The predicted molar refractivity (Wildman–Crippen MR) is 116 cm³/mol. The van der Waals surface area contributed by atoms with Crippen LogP contribution in [0.15, 0.2) is 53.8 Å². The zero-order chi connectivity index (χ0) is 20.7. The first-order valence-electron chi connectivity index (χ1n) is 10.6. The molecule has 156 valence electrons. The first-order chi connectivity index (χ1) is 14.6. The summed E-state index contributed by atoms with van der Waals surface area (Å²) in [5.74, 6) is 0.978. The maximum atomic E-state index is 13.0. The molecule has 30 heavy (non-hydrogen) atoms. The zero-order valence-electron chi connectivity index (χ0n) is 17.6. The third kappa shape index (κ3) is 3.70. The van der Waals surface area contributed by atoms with Gasteiger partial charge in [0.25, 0.3) is 5.56 Å². The second-order valence-electron chi connectivity index (χ2n) is 8.94. The SMILES string of the molecule is CN(C)Cc1ccc2n(c1=O)C[C@H]1C[C@@H]2CN(Cc2ccc(-n3cncn3)cc2)C1. The van der Waals surface area contributed by atoms with Crippen molar-refractivity contribution in [1.82, 2.24) is 29.1 Å². The molecule has 0 spiro atoms. The van der Waals surface area contributed by atoms with Gasteiger partial charge in [-0.05, 0) is 50.2 Å². The van der Waals surface area contributed by atoms with Crippen molar-refractivity contribution in [2.45, 2.75) is 32.0 Å². The van der Waals surface area contributed by atoms with Crippen LogP contribution in [0, 0.1) is 5.92 Å². The Labute approximate surface area is 176 Å². The lowest BCUT2D eigenvalue weighted by atomic mass is 9.82. The van der Waals surface area contributed by atoms with Gasteiger partial charge >= 0.3 is 0 Å². The summed E-state index contributed by atoms with van der Waals surface area (Å²) in [6, 6.07) is 12.8. The van der Waals surface area contributed by atoms with Crippen LogP contribution in [0.3, 0.4) is 0 Å². The summed E-state index contributed by atoms with van der Waals surface area (Å²) in [4.78, 5) is 21.6. The first-order valence-corrected chi connectivity index (χ1v) is 10.6. The van der Waals surface area contributed by atoms with Crippen molar-refractivity contribution >= 4 is 0 Å². The molecule has 7 nitrogen and oxygen atoms in total. The van der Waals surface area contributed by atoms with Gasteiger partial charge in [0.05, 0.1) is 5.69 Å². The smallest absolute Gasteiger partial charge is 0.255 e. The number of benzene rings is 1. The maximum absolute atomic E-state index is 13.0. The number of fused-ring (bicyclic) bond motifs is 4. The molecule has 7 heteroatoms. The number of likely N-dealkylation sites (tertiary alicyclic amines) is 1. The minimum atomic E-state index is 0.202. The van der Waals surface area contributed by atoms with Gasteiger partial charge in [-0.25, -0.2) is 9.67 Å². The van der Waals surface area contributed by atoms with Crippen LogP contribution in [-0.4, -0.2) is 56.3 Å². The molecule has 0 aliphatic carbocycles. The van der Waals surface area contributed by atoms with Gasteiger partial charge in [-0.2, -0.15) is 5.10 Å². The van der Waals surface area contributed by atoms with E-state index in [2.05, 4.69) is 54.8 Å². The van der Waals surface area contributed by atoms with Gasteiger partial charge in [0.15, 0.2) is 0 Å². The lowest BCUT2D eigenvalue weighted by Gasteiger charge is -2.43. The first kappa shape index (κ1) is 19.2. The van der Waals surface area contributed by atoms with Crippen LogP contribution in [0.5, 0.6) is 0 Å². The molecule has 0 unspecified atom stereocenters. The third-order valence-electron chi connectivity index (χ3n) is 6.27. The van der Waals surface area contributed by atoms with E-state index in [1.54, 1.807) is 17.3 Å². The number of hydrogen-bond acceptors (Lipinski definition) is 5. The molecule has 2 atom stereocenters. The minimum absolute atomic E-state index is 0.202. The van der Waals surface area contributed by atoms with Crippen molar-refractivity contribution in [1.29, 1.82) is 0 Å². The summed E-state index contributed by atoms with van der Waals surface area (Å²) in [7, 11) is 4.02. The second-order valence-corrected chi connectivity index (χ2v) is 8.94. The molecular weight excluding hydrogens is 376 g/mol. The van der Waals surface area contributed by atoms with Crippen LogP contribution >= 0.6 is 0 Å². The summed E-state index contributed by atoms with van der Waals surface area (Å²) in [5, 5.41) is 4.19. The van der Waals surface area contributed by atoms with Crippen LogP contribution in [0.4, 0.5) is 0 Å². The van der Waals surface area contributed by atoms with E-state index >= 15 is 0 Å². The molecule has 1 aromatic carbocycles. The lowest BCUT2D eigenvalue weighted by molar-refractivity contribution is 0.114. The fraction of sp³-hybridized carbons (Fsp3) is 0.435. The van der Waals surface area contributed by atoms with E-state index < -0.39 is 0 Å². The highest BCUT2D eigenvalue weighted by Gasteiger charge is 2.34. The zero-order valence-corrected chi connectivity index (χ0v) is 17.6. The highest BCUT2D eigenvalue weighted by Crippen LogP contribution is 2.35. The van der Waals surface area contributed by atoms with Gasteiger partial charge in [0.2, 0.25) is 0 Å². The van der Waals surface area contributed by atoms with Gasteiger partial charge in [-0.1, -0.05) is 18.2 Å². The van der Waals surface area contributed by atoms with Crippen LogP contribution < -0.4 is 5.56 Å². The molecule has 2 aliphatic rings. The van der Waals surface area contributed by atoms with Crippen LogP contribution in [0.2, 0.25) is 0 Å². The molecule has 3 aromatic rings. The molecule has 0 saturated carbocycles. The van der Waals surface area contributed by atoms with Crippen molar-refractivity contribution in [2.75, 3.05) is 27.2 Å². The Balaban J connectivity index is 1.31. The van der Waals surface area contributed by atoms with E-state index in [-0.39, 0.29) is 5.56 Å². The van der Waals surface area contributed by atoms with Gasteiger partial charge in [-0.15, -0.1) is 0 Å². The van der Waals surface area contributed by atoms with Crippen molar-refractivity contribution in [3.8, 4) is 5.69 Å². The normalized spacial score (nSPS) is 21.0. The van der Waals surface area contributed by atoms with Gasteiger partial charge in [-0.3, -0.25) is 9.69 Å². The van der Waals surface area contributed by atoms with Crippen molar-refractivity contribution < 1.29 is 0 Å². The summed E-state index contributed by atoms with van der Waals surface area (Å²) in [6.45, 7) is 4.53. The highest BCUT2D eigenvalue weighted by atomic mass is 16.1. The molecule has 1 saturated heterocycles. The number of nitrogens with zero attached hydrogens (tertiary/aromatic N) is 6. The van der Waals surface area contributed by atoms with Crippen LogP contribution in [0.1, 0.15) is 29.2 Å². The minimum Gasteiger partial charge on any atom is -0.312 e. The van der Waals surface area contributed by atoms with Gasteiger partial charge in [0, 0.05) is 49.9 Å². The molecule has 2 bridgehead atoms. The van der Waals surface area contributed by atoms with Crippen molar-refractivity contribution in [3.63, 3.8) is 0 Å².